The minimum Gasteiger partial charge on any atom is -0.489 e. The average molecular weight is 256 g/mol. The average Bonchev–Trinajstić information content (AvgIpc) is 2.47. The van der Waals surface area contributed by atoms with Gasteiger partial charge in [0.25, 0.3) is 0 Å². The molecule has 0 saturated carbocycles. The number of benzene rings is 2. The Bertz CT molecular complexity index is 535. The van der Waals surface area contributed by atoms with Crippen LogP contribution >= 0.6 is 0 Å². The van der Waals surface area contributed by atoms with Crippen LogP contribution in [0.3, 0.4) is 0 Å². The monoisotopic (exact) mass is 256 g/mol. The van der Waals surface area contributed by atoms with Gasteiger partial charge in [-0.25, -0.2) is 0 Å². The van der Waals surface area contributed by atoms with Crippen molar-refractivity contribution in [2.75, 3.05) is 7.11 Å². The predicted molar refractivity (Wildman–Crippen MR) is 73.3 cm³/mol. The lowest BCUT2D eigenvalue weighted by Gasteiger charge is -2.11. The molecule has 0 fully saturated rings. The van der Waals surface area contributed by atoms with E-state index in [0.717, 1.165) is 23.2 Å². The van der Waals surface area contributed by atoms with E-state index in [0.29, 0.717) is 18.8 Å². The third-order valence-corrected chi connectivity index (χ3v) is 2.76. The summed E-state index contributed by atoms with van der Waals surface area (Å²) >= 11 is 0. The number of rotatable bonds is 6. The highest BCUT2D eigenvalue weighted by Crippen LogP contribution is 2.21. The predicted octanol–water partition coefficient (Wildman–Crippen LogP) is 3.22. The van der Waals surface area contributed by atoms with Crippen LogP contribution in [0.1, 0.15) is 21.5 Å². The molecular formula is C16H16O3. The maximum atomic E-state index is 10.8. The molecule has 0 bridgehead atoms. The zero-order chi connectivity index (χ0) is 13.5. The van der Waals surface area contributed by atoms with Gasteiger partial charge in [0, 0.05) is 18.2 Å². The first kappa shape index (κ1) is 13.3. The van der Waals surface area contributed by atoms with E-state index in [1.165, 1.54) is 0 Å². The fourth-order valence-corrected chi connectivity index (χ4v) is 1.82. The molecule has 3 nitrogen and oxygen atoms in total. The van der Waals surface area contributed by atoms with Crippen LogP contribution in [0.15, 0.2) is 48.5 Å². The van der Waals surface area contributed by atoms with Crippen molar-refractivity contribution in [1.82, 2.24) is 0 Å². The summed E-state index contributed by atoms with van der Waals surface area (Å²) in [6, 6.07) is 15.3. The zero-order valence-electron chi connectivity index (χ0n) is 10.8. The fourth-order valence-electron chi connectivity index (χ4n) is 1.82. The van der Waals surface area contributed by atoms with Crippen LogP contribution in [0.4, 0.5) is 0 Å². The van der Waals surface area contributed by atoms with E-state index >= 15 is 0 Å². The molecule has 98 valence electrons. The second-order valence-electron chi connectivity index (χ2n) is 4.19. The van der Waals surface area contributed by atoms with Crippen molar-refractivity contribution in [2.24, 2.45) is 0 Å². The minimum absolute atomic E-state index is 0.422. The summed E-state index contributed by atoms with van der Waals surface area (Å²) in [5, 5.41) is 0. The Kier molecular flexibility index (Phi) is 4.70. The van der Waals surface area contributed by atoms with Crippen LogP contribution in [-0.2, 0) is 18.0 Å². The van der Waals surface area contributed by atoms with Crippen LogP contribution in [0, 0.1) is 0 Å². The Morgan fingerprint density at radius 2 is 1.84 bits per heavy atom. The Hall–Kier alpha value is -2.13. The van der Waals surface area contributed by atoms with E-state index in [9.17, 15) is 4.79 Å². The topological polar surface area (TPSA) is 35.5 Å². The van der Waals surface area contributed by atoms with Crippen molar-refractivity contribution in [3.8, 4) is 5.75 Å². The van der Waals surface area contributed by atoms with Crippen LogP contribution < -0.4 is 4.74 Å². The van der Waals surface area contributed by atoms with Crippen molar-refractivity contribution in [2.45, 2.75) is 13.2 Å². The number of hydrogen-bond donors (Lipinski definition) is 0. The van der Waals surface area contributed by atoms with Gasteiger partial charge in [-0.15, -0.1) is 0 Å². The molecule has 0 aliphatic rings. The zero-order valence-corrected chi connectivity index (χ0v) is 10.8. The molecule has 2 aromatic rings. The smallest absolute Gasteiger partial charge is 0.150 e. The van der Waals surface area contributed by atoms with E-state index in [1.807, 2.05) is 30.3 Å². The van der Waals surface area contributed by atoms with Gasteiger partial charge in [-0.3, -0.25) is 4.79 Å². The van der Waals surface area contributed by atoms with Gasteiger partial charge in [0.15, 0.2) is 0 Å². The molecule has 0 atom stereocenters. The molecule has 2 rings (SSSR count). The third kappa shape index (κ3) is 3.66. The van der Waals surface area contributed by atoms with Gasteiger partial charge >= 0.3 is 0 Å². The minimum atomic E-state index is 0.422. The van der Waals surface area contributed by atoms with Crippen molar-refractivity contribution in [3.63, 3.8) is 0 Å². The first-order valence-corrected chi connectivity index (χ1v) is 6.07. The molecule has 2 aromatic carbocycles. The lowest BCUT2D eigenvalue weighted by Crippen LogP contribution is -2.00. The largest absolute Gasteiger partial charge is 0.489 e. The van der Waals surface area contributed by atoms with Gasteiger partial charge in [-0.1, -0.05) is 30.3 Å². The molecule has 0 unspecified atom stereocenters. The van der Waals surface area contributed by atoms with Gasteiger partial charge < -0.3 is 9.47 Å². The molecule has 19 heavy (non-hydrogen) atoms. The van der Waals surface area contributed by atoms with Gasteiger partial charge in [-0.05, 0) is 23.8 Å². The summed E-state index contributed by atoms with van der Waals surface area (Å²) < 4.78 is 10.9. The number of carbonyl (C=O) groups is 1. The van der Waals surface area contributed by atoms with E-state index < -0.39 is 0 Å². The van der Waals surface area contributed by atoms with E-state index in [4.69, 9.17) is 9.47 Å². The first-order valence-electron chi connectivity index (χ1n) is 6.07. The van der Waals surface area contributed by atoms with E-state index in [2.05, 4.69) is 0 Å². The maximum Gasteiger partial charge on any atom is 0.150 e. The highest BCUT2D eigenvalue weighted by atomic mass is 16.5. The van der Waals surface area contributed by atoms with Crippen LogP contribution in [0.2, 0.25) is 0 Å². The summed E-state index contributed by atoms with van der Waals surface area (Å²) in [6.07, 6.45) is 0.820. The number of carbonyl (C=O) groups excluding carboxylic acids is 1. The highest BCUT2D eigenvalue weighted by molar-refractivity contribution is 5.75. The van der Waals surface area contributed by atoms with Crippen molar-refractivity contribution >= 4 is 6.29 Å². The summed E-state index contributed by atoms with van der Waals surface area (Å²) in [5.41, 5.74) is 2.60. The standard InChI is InChI=1S/C16H16O3/c1-18-12-15-9-14(10-17)7-8-16(15)19-11-13-5-3-2-4-6-13/h2-10H,11-12H2,1H3. The normalized spacial score (nSPS) is 10.2. The number of aldehydes is 1. The summed E-state index contributed by atoms with van der Waals surface area (Å²) in [4.78, 5) is 10.8. The van der Waals surface area contributed by atoms with Gasteiger partial charge in [0.05, 0.1) is 6.61 Å². The highest BCUT2D eigenvalue weighted by Gasteiger charge is 2.05. The van der Waals surface area contributed by atoms with Crippen LogP contribution in [-0.4, -0.2) is 13.4 Å². The van der Waals surface area contributed by atoms with Gasteiger partial charge in [-0.2, -0.15) is 0 Å². The SMILES string of the molecule is COCc1cc(C=O)ccc1OCc1ccccc1. The Labute approximate surface area is 112 Å². The lowest BCUT2D eigenvalue weighted by atomic mass is 10.1. The molecule has 0 aromatic heterocycles. The second kappa shape index (κ2) is 6.71. The summed E-state index contributed by atoms with van der Waals surface area (Å²) in [5.74, 6) is 0.747. The quantitative estimate of drug-likeness (QED) is 0.744. The molecule has 3 heteroatoms. The van der Waals surface area contributed by atoms with E-state index in [1.54, 1.807) is 25.3 Å². The molecular weight excluding hydrogens is 240 g/mol. The van der Waals surface area contributed by atoms with Gasteiger partial charge in [0.1, 0.15) is 18.6 Å². The molecule has 0 amide bonds. The van der Waals surface area contributed by atoms with Gasteiger partial charge in [0.2, 0.25) is 0 Å². The summed E-state index contributed by atoms with van der Waals surface area (Å²) in [7, 11) is 1.62. The maximum absolute atomic E-state index is 10.8. The molecule has 0 saturated heterocycles. The fraction of sp³-hybridized carbons (Fsp3) is 0.188. The summed E-state index contributed by atoms with van der Waals surface area (Å²) in [6.45, 7) is 0.920. The Balaban J connectivity index is 2.12. The van der Waals surface area contributed by atoms with Crippen LogP contribution in [0.5, 0.6) is 5.75 Å². The molecule has 0 N–H and O–H groups in total. The van der Waals surface area contributed by atoms with E-state index in [-0.39, 0.29) is 0 Å². The van der Waals surface area contributed by atoms with Crippen molar-refractivity contribution in [3.05, 3.63) is 65.2 Å². The van der Waals surface area contributed by atoms with Crippen molar-refractivity contribution in [1.29, 1.82) is 0 Å². The lowest BCUT2D eigenvalue weighted by molar-refractivity contribution is 0.112. The second-order valence-corrected chi connectivity index (χ2v) is 4.19. The van der Waals surface area contributed by atoms with Crippen LogP contribution in [0.25, 0.3) is 0 Å². The number of ether oxygens (including phenoxy) is 2. The molecule has 0 spiro atoms. The molecule has 0 radical (unpaired) electrons. The number of hydrogen-bond acceptors (Lipinski definition) is 3. The Morgan fingerprint density at radius 3 is 2.53 bits per heavy atom. The third-order valence-electron chi connectivity index (χ3n) is 2.76. The molecule has 0 aliphatic carbocycles. The number of methoxy groups -OCH3 is 1. The first-order chi connectivity index (χ1) is 9.33. The molecule has 0 aliphatic heterocycles. The Morgan fingerprint density at radius 1 is 1.05 bits per heavy atom. The molecule has 0 heterocycles. The van der Waals surface area contributed by atoms with Crippen molar-refractivity contribution < 1.29 is 14.3 Å².